The van der Waals surface area contributed by atoms with Gasteiger partial charge in [0.15, 0.2) is 11.5 Å². The zero-order valence-electron chi connectivity index (χ0n) is 16.5. The standard InChI is InChI=1S/C22H19N7O2/c23-20-19-21(27-22(24)26-20)29(11-25-19)13-9-28(10-13)18(30)8-14-7-16-15-4-2-1-3-12(15)5-6-17(16)31-14/h1-7,11,13H,8-10H2,(H4,23,24,26,27). The first-order chi connectivity index (χ1) is 15.1. The van der Waals surface area contributed by atoms with Gasteiger partial charge in [-0.15, -0.1) is 0 Å². The van der Waals surface area contributed by atoms with Crippen molar-refractivity contribution in [2.45, 2.75) is 12.5 Å². The first-order valence-corrected chi connectivity index (χ1v) is 10.0. The van der Waals surface area contributed by atoms with Gasteiger partial charge in [0, 0.05) is 18.5 Å². The number of aromatic nitrogens is 4. The molecule has 1 aliphatic heterocycles. The number of fused-ring (bicyclic) bond motifs is 4. The zero-order valence-corrected chi connectivity index (χ0v) is 16.5. The summed E-state index contributed by atoms with van der Waals surface area (Å²) in [4.78, 5) is 27.1. The van der Waals surface area contributed by atoms with E-state index in [4.69, 9.17) is 15.9 Å². The summed E-state index contributed by atoms with van der Waals surface area (Å²) in [5, 5.41) is 3.30. The van der Waals surface area contributed by atoms with E-state index >= 15 is 0 Å². The van der Waals surface area contributed by atoms with Crippen LogP contribution in [-0.2, 0) is 11.2 Å². The lowest BCUT2D eigenvalue weighted by Crippen LogP contribution is -2.51. The Bertz CT molecular complexity index is 1480. The predicted octanol–water partition coefficient (Wildman–Crippen LogP) is 2.52. The molecule has 4 heterocycles. The summed E-state index contributed by atoms with van der Waals surface area (Å²) in [7, 11) is 0. The van der Waals surface area contributed by atoms with E-state index in [2.05, 4.69) is 27.1 Å². The summed E-state index contributed by atoms with van der Waals surface area (Å²) >= 11 is 0. The maximum Gasteiger partial charge on any atom is 0.230 e. The van der Waals surface area contributed by atoms with Gasteiger partial charge < -0.3 is 25.4 Å². The zero-order chi connectivity index (χ0) is 21.1. The number of rotatable bonds is 3. The molecule has 2 aromatic carbocycles. The fourth-order valence-electron chi connectivity index (χ4n) is 4.25. The minimum atomic E-state index is 0.0256. The molecular weight excluding hydrogens is 394 g/mol. The third-order valence-electron chi connectivity index (χ3n) is 5.88. The summed E-state index contributed by atoms with van der Waals surface area (Å²) in [5.41, 5.74) is 13.5. The molecule has 3 aromatic heterocycles. The van der Waals surface area contributed by atoms with Gasteiger partial charge in [-0.1, -0.05) is 30.3 Å². The molecule has 0 atom stereocenters. The number of likely N-dealkylation sites (tertiary alicyclic amines) is 1. The molecule has 6 rings (SSSR count). The third-order valence-corrected chi connectivity index (χ3v) is 5.88. The van der Waals surface area contributed by atoms with Crippen LogP contribution in [-0.4, -0.2) is 43.4 Å². The fraction of sp³-hybridized carbons (Fsp3) is 0.182. The maximum absolute atomic E-state index is 12.8. The molecule has 9 nitrogen and oxygen atoms in total. The van der Waals surface area contributed by atoms with Crippen molar-refractivity contribution in [1.82, 2.24) is 24.4 Å². The molecule has 31 heavy (non-hydrogen) atoms. The Hall–Kier alpha value is -4.14. The molecule has 154 valence electrons. The van der Waals surface area contributed by atoms with E-state index < -0.39 is 0 Å². The quantitative estimate of drug-likeness (QED) is 0.465. The van der Waals surface area contributed by atoms with Crippen molar-refractivity contribution in [3.05, 3.63) is 54.6 Å². The first kappa shape index (κ1) is 17.7. The van der Waals surface area contributed by atoms with Gasteiger partial charge in [-0.2, -0.15) is 9.97 Å². The molecule has 0 spiro atoms. The Kier molecular flexibility index (Phi) is 3.67. The van der Waals surface area contributed by atoms with Crippen molar-refractivity contribution >= 4 is 50.6 Å². The van der Waals surface area contributed by atoms with Crippen LogP contribution < -0.4 is 11.5 Å². The molecule has 1 amide bonds. The summed E-state index contributed by atoms with van der Waals surface area (Å²) in [6, 6.07) is 14.2. The highest BCUT2D eigenvalue weighted by atomic mass is 16.3. The average molecular weight is 413 g/mol. The van der Waals surface area contributed by atoms with Crippen LogP contribution in [0.5, 0.6) is 0 Å². The highest BCUT2D eigenvalue weighted by Gasteiger charge is 2.33. The van der Waals surface area contributed by atoms with E-state index in [1.54, 1.807) is 11.2 Å². The second-order valence-corrected chi connectivity index (χ2v) is 7.83. The van der Waals surface area contributed by atoms with E-state index in [0.29, 0.717) is 30.0 Å². The van der Waals surface area contributed by atoms with Gasteiger partial charge in [-0.25, -0.2) is 4.98 Å². The molecule has 0 radical (unpaired) electrons. The fourth-order valence-corrected chi connectivity index (χ4v) is 4.25. The summed E-state index contributed by atoms with van der Waals surface area (Å²) in [5.74, 6) is 1.06. The largest absolute Gasteiger partial charge is 0.461 e. The van der Waals surface area contributed by atoms with Gasteiger partial charge >= 0.3 is 0 Å². The van der Waals surface area contributed by atoms with Crippen LogP contribution >= 0.6 is 0 Å². The van der Waals surface area contributed by atoms with Crippen molar-refractivity contribution in [3.63, 3.8) is 0 Å². The van der Waals surface area contributed by atoms with Crippen LogP contribution in [0, 0.1) is 0 Å². The number of hydrogen-bond donors (Lipinski definition) is 2. The van der Waals surface area contributed by atoms with Crippen molar-refractivity contribution < 1.29 is 9.21 Å². The number of hydrogen-bond acceptors (Lipinski definition) is 7. The van der Waals surface area contributed by atoms with Gasteiger partial charge in [0.25, 0.3) is 0 Å². The van der Waals surface area contributed by atoms with E-state index in [-0.39, 0.29) is 30.1 Å². The Morgan fingerprint density at radius 1 is 1.10 bits per heavy atom. The van der Waals surface area contributed by atoms with Crippen LogP contribution in [0.2, 0.25) is 0 Å². The van der Waals surface area contributed by atoms with Crippen molar-refractivity contribution in [3.8, 4) is 0 Å². The Morgan fingerprint density at radius 2 is 1.94 bits per heavy atom. The number of carbonyl (C=O) groups is 1. The lowest BCUT2D eigenvalue weighted by molar-refractivity contribution is -0.136. The van der Waals surface area contributed by atoms with E-state index in [1.165, 1.54) is 0 Å². The minimum Gasteiger partial charge on any atom is -0.461 e. The molecule has 0 aliphatic carbocycles. The van der Waals surface area contributed by atoms with Gasteiger partial charge in [-0.05, 0) is 22.9 Å². The molecule has 5 aromatic rings. The molecular formula is C22H19N7O2. The number of carbonyl (C=O) groups excluding carboxylic acids is 1. The smallest absolute Gasteiger partial charge is 0.230 e. The molecule has 0 bridgehead atoms. The number of furan rings is 1. The lowest BCUT2D eigenvalue weighted by atomic mass is 10.1. The number of nitrogens with zero attached hydrogens (tertiary/aromatic N) is 5. The molecule has 1 fully saturated rings. The van der Waals surface area contributed by atoms with Gasteiger partial charge in [-0.3, -0.25) is 4.79 Å². The lowest BCUT2D eigenvalue weighted by Gasteiger charge is -2.39. The molecule has 9 heteroatoms. The van der Waals surface area contributed by atoms with Crippen LogP contribution in [0.1, 0.15) is 11.8 Å². The van der Waals surface area contributed by atoms with Crippen LogP contribution in [0.15, 0.2) is 53.2 Å². The summed E-state index contributed by atoms with van der Waals surface area (Å²) in [6.45, 7) is 1.13. The predicted molar refractivity (Wildman–Crippen MR) is 117 cm³/mol. The average Bonchev–Trinajstić information content (AvgIpc) is 3.31. The monoisotopic (exact) mass is 413 g/mol. The summed E-state index contributed by atoms with van der Waals surface area (Å²) in [6.07, 6.45) is 1.90. The number of amides is 1. The second kappa shape index (κ2) is 6.43. The van der Waals surface area contributed by atoms with Crippen LogP contribution in [0.3, 0.4) is 0 Å². The Balaban J connectivity index is 1.19. The molecule has 1 saturated heterocycles. The van der Waals surface area contributed by atoms with E-state index in [0.717, 1.165) is 21.7 Å². The van der Waals surface area contributed by atoms with Gasteiger partial charge in [0.1, 0.15) is 16.9 Å². The Labute approximate surface area is 176 Å². The van der Waals surface area contributed by atoms with Crippen molar-refractivity contribution in [1.29, 1.82) is 0 Å². The topological polar surface area (TPSA) is 129 Å². The number of benzene rings is 2. The number of nitrogens with two attached hydrogens (primary N) is 2. The minimum absolute atomic E-state index is 0.0256. The SMILES string of the molecule is Nc1nc(N)c2ncn(C3CN(C(=O)Cc4cc5c(ccc6ccccc65)o4)C3)c2n1. The van der Waals surface area contributed by atoms with Gasteiger partial charge in [0.05, 0.1) is 18.8 Å². The Morgan fingerprint density at radius 3 is 2.81 bits per heavy atom. The molecule has 0 saturated carbocycles. The molecule has 0 unspecified atom stereocenters. The van der Waals surface area contributed by atoms with E-state index in [1.807, 2.05) is 34.9 Å². The highest BCUT2D eigenvalue weighted by Crippen LogP contribution is 2.30. The molecule has 1 aliphatic rings. The van der Waals surface area contributed by atoms with Crippen LogP contribution in [0.25, 0.3) is 32.9 Å². The van der Waals surface area contributed by atoms with Crippen molar-refractivity contribution in [2.24, 2.45) is 0 Å². The maximum atomic E-state index is 12.8. The third kappa shape index (κ3) is 2.77. The number of nitrogen functional groups attached to an aromatic ring is 2. The molecule has 4 N–H and O–H groups in total. The second-order valence-electron chi connectivity index (χ2n) is 7.83. The number of anilines is 2. The summed E-state index contributed by atoms with van der Waals surface area (Å²) < 4.78 is 7.84. The van der Waals surface area contributed by atoms with Crippen LogP contribution in [0.4, 0.5) is 11.8 Å². The number of imidazole rings is 1. The highest BCUT2D eigenvalue weighted by molar-refractivity contribution is 6.06. The first-order valence-electron chi connectivity index (χ1n) is 10.0. The van der Waals surface area contributed by atoms with Crippen molar-refractivity contribution in [2.75, 3.05) is 24.6 Å². The normalized spacial score (nSPS) is 14.5. The van der Waals surface area contributed by atoms with E-state index in [9.17, 15) is 4.79 Å². The van der Waals surface area contributed by atoms with Gasteiger partial charge in [0.2, 0.25) is 11.9 Å².